The van der Waals surface area contributed by atoms with Crippen LogP contribution in [-0.4, -0.2) is 27.4 Å². The fourth-order valence-electron chi connectivity index (χ4n) is 1.53. The summed E-state index contributed by atoms with van der Waals surface area (Å²) in [6.45, 7) is 3.24. The van der Waals surface area contributed by atoms with E-state index in [1.807, 2.05) is 25.1 Å². The van der Waals surface area contributed by atoms with Crippen LogP contribution in [0.15, 0.2) is 18.2 Å². The lowest BCUT2D eigenvalue weighted by molar-refractivity contribution is 0.171. The minimum absolute atomic E-state index is 0.0571. The van der Waals surface area contributed by atoms with Gasteiger partial charge in [-0.25, -0.2) is 0 Å². The molecule has 96 valence electrons. The van der Waals surface area contributed by atoms with E-state index in [1.54, 1.807) is 14.2 Å². The summed E-state index contributed by atoms with van der Waals surface area (Å²) in [5.74, 6) is 1.56. The summed E-state index contributed by atoms with van der Waals surface area (Å²) in [7, 11) is 3.31. The van der Waals surface area contributed by atoms with Crippen molar-refractivity contribution in [3.8, 4) is 11.5 Å². The van der Waals surface area contributed by atoms with E-state index < -0.39 is 0 Å². The van der Waals surface area contributed by atoms with E-state index in [4.69, 9.17) is 19.9 Å². The Labute approximate surface area is 103 Å². The van der Waals surface area contributed by atoms with Crippen molar-refractivity contribution in [2.75, 3.05) is 27.4 Å². The number of hydrogen-bond acceptors (Lipinski definition) is 4. The van der Waals surface area contributed by atoms with Gasteiger partial charge in [0.05, 0.1) is 13.7 Å². The molecule has 0 heterocycles. The van der Waals surface area contributed by atoms with Crippen molar-refractivity contribution in [3.05, 3.63) is 23.8 Å². The van der Waals surface area contributed by atoms with Gasteiger partial charge < -0.3 is 19.9 Å². The number of ether oxygens (including phenoxy) is 3. The summed E-state index contributed by atoms with van der Waals surface area (Å²) in [6, 6.07) is 5.64. The Kier molecular flexibility index (Phi) is 5.80. The molecule has 0 fully saturated rings. The fraction of sp³-hybridized carbons (Fsp3) is 0.538. The van der Waals surface area contributed by atoms with E-state index in [1.165, 1.54) is 0 Å². The quantitative estimate of drug-likeness (QED) is 0.741. The monoisotopic (exact) mass is 239 g/mol. The minimum Gasteiger partial charge on any atom is -0.497 e. The van der Waals surface area contributed by atoms with Crippen molar-refractivity contribution >= 4 is 0 Å². The molecule has 1 aromatic rings. The summed E-state index contributed by atoms with van der Waals surface area (Å²) in [6.07, 6.45) is 0.853. The van der Waals surface area contributed by atoms with Gasteiger partial charge >= 0.3 is 0 Å². The SMILES string of the molecule is COCCCOc1cc(OC)ccc1[C@@H](C)N. The molecule has 0 saturated carbocycles. The van der Waals surface area contributed by atoms with Gasteiger partial charge in [0, 0.05) is 37.8 Å². The topological polar surface area (TPSA) is 53.7 Å². The number of hydrogen-bond donors (Lipinski definition) is 1. The van der Waals surface area contributed by atoms with E-state index in [2.05, 4.69) is 0 Å². The van der Waals surface area contributed by atoms with Crippen LogP contribution in [0.3, 0.4) is 0 Å². The molecule has 2 N–H and O–H groups in total. The Morgan fingerprint density at radius 2 is 2.00 bits per heavy atom. The first-order valence-electron chi connectivity index (χ1n) is 5.74. The van der Waals surface area contributed by atoms with Crippen LogP contribution in [0.1, 0.15) is 24.9 Å². The summed E-state index contributed by atoms with van der Waals surface area (Å²) in [5.41, 5.74) is 6.88. The molecular formula is C13H21NO3. The second-order valence-corrected chi connectivity index (χ2v) is 3.89. The number of benzene rings is 1. The van der Waals surface area contributed by atoms with E-state index in [0.29, 0.717) is 13.2 Å². The van der Waals surface area contributed by atoms with E-state index in [0.717, 1.165) is 23.5 Å². The molecule has 0 aliphatic carbocycles. The molecule has 4 heteroatoms. The van der Waals surface area contributed by atoms with E-state index in [9.17, 15) is 0 Å². The number of nitrogens with two attached hydrogens (primary N) is 1. The van der Waals surface area contributed by atoms with Crippen LogP contribution >= 0.6 is 0 Å². The molecule has 0 spiro atoms. The van der Waals surface area contributed by atoms with Crippen molar-refractivity contribution in [1.82, 2.24) is 0 Å². The molecule has 0 amide bonds. The summed E-state index contributed by atoms with van der Waals surface area (Å²) in [5, 5.41) is 0. The van der Waals surface area contributed by atoms with Gasteiger partial charge in [-0.2, -0.15) is 0 Å². The highest BCUT2D eigenvalue weighted by molar-refractivity contribution is 5.42. The largest absolute Gasteiger partial charge is 0.497 e. The molecule has 0 radical (unpaired) electrons. The summed E-state index contributed by atoms with van der Waals surface area (Å²) in [4.78, 5) is 0. The standard InChI is InChI=1S/C13H21NO3/c1-10(14)12-6-5-11(16-3)9-13(12)17-8-4-7-15-2/h5-6,9-10H,4,7-8,14H2,1-3H3/t10-/m1/s1. The lowest BCUT2D eigenvalue weighted by Crippen LogP contribution is -2.09. The van der Waals surface area contributed by atoms with Crippen LogP contribution in [0, 0.1) is 0 Å². The average Bonchev–Trinajstić information content (AvgIpc) is 2.34. The molecule has 0 aliphatic rings. The first-order valence-corrected chi connectivity index (χ1v) is 5.74. The van der Waals surface area contributed by atoms with Crippen molar-refractivity contribution in [2.45, 2.75) is 19.4 Å². The van der Waals surface area contributed by atoms with Crippen LogP contribution in [0.5, 0.6) is 11.5 Å². The van der Waals surface area contributed by atoms with Crippen LogP contribution in [-0.2, 0) is 4.74 Å². The third-order valence-electron chi connectivity index (χ3n) is 2.46. The molecule has 1 rings (SSSR count). The second-order valence-electron chi connectivity index (χ2n) is 3.89. The van der Waals surface area contributed by atoms with Gasteiger partial charge in [-0.1, -0.05) is 6.07 Å². The van der Waals surface area contributed by atoms with Crippen molar-refractivity contribution in [2.24, 2.45) is 5.73 Å². The zero-order valence-corrected chi connectivity index (χ0v) is 10.7. The Morgan fingerprint density at radius 3 is 2.59 bits per heavy atom. The van der Waals surface area contributed by atoms with Gasteiger partial charge in [-0.15, -0.1) is 0 Å². The maximum Gasteiger partial charge on any atom is 0.127 e. The first kappa shape index (κ1) is 13.8. The molecule has 0 bridgehead atoms. The highest BCUT2D eigenvalue weighted by atomic mass is 16.5. The van der Waals surface area contributed by atoms with Crippen LogP contribution in [0.2, 0.25) is 0 Å². The number of rotatable bonds is 7. The molecule has 4 nitrogen and oxygen atoms in total. The van der Waals surface area contributed by atoms with Crippen molar-refractivity contribution < 1.29 is 14.2 Å². The third kappa shape index (κ3) is 4.24. The molecule has 1 atom stereocenters. The van der Waals surface area contributed by atoms with Crippen molar-refractivity contribution in [3.63, 3.8) is 0 Å². The maximum atomic E-state index is 5.89. The predicted octanol–water partition coefficient (Wildman–Crippen LogP) is 2.13. The molecule has 0 unspecified atom stereocenters. The van der Waals surface area contributed by atoms with E-state index >= 15 is 0 Å². The second kappa shape index (κ2) is 7.14. The first-order chi connectivity index (χ1) is 8.19. The maximum absolute atomic E-state index is 5.89. The molecule has 0 saturated heterocycles. The average molecular weight is 239 g/mol. The van der Waals surface area contributed by atoms with Gasteiger partial charge in [-0.05, 0) is 13.0 Å². The van der Waals surface area contributed by atoms with E-state index in [-0.39, 0.29) is 6.04 Å². The Morgan fingerprint density at radius 1 is 1.24 bits per heavy atom. The fourth-order valence-corrected chi connectivity index (χ4v) is 1.53. The molecule has 0 aromatic heterocycles. The Balaban J connectivity index is 2.71. The normalized spacial score (nSPS) is 12.2. The predicted molar refractivity (Wildman–Crippen MR) is 67.6 cm³/mol. The lowest BCUT2D eigenvalue weighted by atomic mass is 10.1. The van der Waals surface area contributed by atoms with Gasteiger partial charge in [0.2, 0.25) is 0 Å². The van der Waals surface area contributed by atoms with Crippen LogP contribution < -0.4 is 15.2 Å². The van der Waals surface area contributed by atoms with Gasteiger partial charge in [-0.3, -0.25) is 0 Å². The third-order valence-corrected chi connectivity index (χ3v) is 2.46. The van der Waals surface area contributed by atoms with Crippen LogP contribution in [0.25, 0.3) is 0 Å². The summed E-state index contributed by atoms with van der Waals surface area (Å²) < 4.78 is 15.8. The highest BCUT2D eigenvalue weighted by Gasteiger charge is 2.09. The lowest BCUT2D eigenvalue weighted by Gasteiger charge is -2.15. The highest BCUT2D eigenvalue weighted by Crippen LogP contribution is 2.28. The Bertz CT molecular complexity index is 339. The Hall–Kier alpha value is -1.26. The van der Waals surface area contributed by atoms with Crippen molar-refractivity contribution in [1.29, 1.82) is 0 Å². The zero-order valence-electron chi connectivity index (χ0n) is 10.7. The molecule has 1 aromatic carbocycles. The van der Waals surface area contributed by atoms with Gasteiger partial charge in [0.1, 0.15) is 11.5 Å². The van der Waals surface area contributed by atoms with Gasteiger partial charge in [0.15, 0.2) is 0 Å². The molecule has 17 heavy (non-hydrogen) atoms. The zero-order chi connectivity index (χ0) is 12.7. The molecular weight excluding hydrogens is 218 g/mol. The number of methoxy groups -OCH3 is 2. The minimum atomic E-state index is -0.0571. The summed E-state index contributed by atoms with van der Waals surface area (Å²) >= 11 is 0. The smallest absolute Gasteiger partial charge is 0.127 e. The van der Waals surface area contributed by atoms with Crippen LogP contribution in [0.4, 0.5) is 0 Å². The molecule has 0 aliphatic heterocycles. The van der Waals surface area contributed by atoms with Gasteiger partial charge in [0.25, 0.3) is 0 Å².